The Hall–Kier alpha value is -3.34. The van der Waals surface area contributed by atoms with Gasteiger partial charge in [0.2, 0.25) is 5.91 Å². The highest BCUT2D eigenvalue weighted by atomic mass is 16.5. The van der Waals surface area contributed by atoms with Crippen LogP contribution in [0.4, 0.5) is 0 Å². The lowest BCUT2D eigenvalue weighted by Gasteiger charge is -2.19. The normalized spacial score (nSPS) is 11.8. The molecule has 1 amide bonds. The number of carbonyl (C=O) groups is 2. The molecule has 1 atom stereocenters. The molecule has 0 spiro atoms. The fourth-order valence-corrected chi connectivity index (χ4v) is 3.84. The lowest BCUT2D eigenvalue weighted by Crippen LogP contribution is -2.38. The van der Waals surface area contributed by atoms with Crippen LogP contribution < -0.4 is 5.32 Å². The van der Waals surface area contributed by atoms with Crippen molar-refractivity contribution in [1.82, 2.24) is 9.88 Å². The topological polar surface area (TPSA) is 60.3 Å². The van der Waals surface area contributed by atoms with Crippen LogP contribution in [0.1, 0.15) is 47.4 Å². The first-order valence-corrected chi connectivity index (χ1v) is 11.2. The van der Waals surface area contributed by atoms with E-state index in [4.69, 9.17) is 4.74 Å². The number of carbonyl (C=O) groups excluding carboxylic acids is 2. The van der Waals surface area contributed by atoms with Crippen LogP contribution in [-0.4, -0.2) is 29.1 Å². The first-order valence-electron chi connectivity index (χ1n) is 11.2. The van der Waals surface area contributed by atoms with Crippen LogP contribution in [0.15, 0.2) is 60.7 Å². The summed E-state index contributed by atoms with van der Waals surface area (Å²) in [5.74, 6) is -0.441. The second kappa shape index (κ2) is 10.8. The number of ether oxygens (including phenoxy) is 1. The molecule has 1 N–H and O–H groups in total. The van der Waals surface area contributed by atoms with Crippen molar-refractivity contribution in [1.29, 1.82) is 0 Å². The Bertz CT molecular complexity index is 1050. The Balaban J connectivity index is 1.85. The molecule has 0 aliphatic carbocycles. The van der Waals surface area contributed by atoms with Gasteiger partial charge in [-0.15, -0.1) is 0 Å². The quantitative estimate of drug-likeness (QED) is 0.479. The van der Waals surface area contributed by atoms with Gasteiger partial charge >= 0.3 is 5.97 Å². The molecule has 0 saturated heterocycles. The van der Waals surface area contributed by atoms with Gasteiger partial charge in [-0.1, -0.05) is 67.1 Å². The van der Waals surface area contributed by atoms with Crippen molar-refractivity contribution < 1.29 is 14.3 Å². The zero-order valence-electron chi connectivity index (χ0n) is 19.4. The Morgan fingerprint density at radius 3 is 2.31 bits per heavy atom. The number of hydrogen-bond acceptors (Lipinski definition) is 3. The van der Waals surface area contributed by atoms with Gasteiger partial charge in [0.15, 0.2) is 0 Å². The number of aromatic nitrogens is 1. The van der Waals surface area contributed by atoms with Gasteiger partial charge in [0.25, 0.3) is 0 Å². The van der Waals surface area contributed by atoms with E-state index in [-0.39, 0.29) is 24.5 Å². The van der Waals surface area contributed by atoms with Crippen molar-refractivity contribution in [3.05, 3.63) is 83.0 Å². The molecule has 3 aromatic rings. The van der Waals surface area contributed by atoms with Gasteiger partial charge in [0, 0.05) is 17.4 Å². The molecule has 2 aromatic carbocycles. The second-order valence-corrected chi connectivity index (χ2v) is 8.06. The van der Waals surface area contributed by atoms with E-state index in [9.17, 15) is 9.59 Å². The molecule has 3 rings (SSSR count). The van der Waals surface area contributed by atoms with Crippen molar-refractivity contribution in [3.8, 4) is 11.3 Å². The summed E-state index contributed by atoms with van der Waals surface area (Å²) in [5, 5.41) is 3.17. The molecule has 1 aromatic heterocycles. The third-order valence-corrected chi connectivity index (χ3v) is 5.69. The molecule has 0 aliphatic heterocycles. The van der Waals surface area contributed by atoms with E-state index >= 15 is 0 Å². The zero-order valence-corrected chi connectivity index (χ0v) is 19.4. The average Bonchev–Trinajstić information content (AvgIpc) is 3.11. The highest BCUT2D eigenvalue weighted by molar-refractivity contribution is 5.93. The Kier molecular flexibility index (Phi) is 7.87. The van der Waals surface area contributed by atoms with Crippen LogP contribution in [0.3, 0.4) is 0 Å². The van der Waals surface area contributed by atoms with E-state index in [1.54, 1.807) is 6.92 Å². The SMILES string of the molecule is CCOC(=O)c1cc(-c2ccc(C)cc2)n(CC(=O)NC(CC)Cc2ccccc2)c1C. The Labute approximate surface area is 190 Å². The van der Waals surface area contributed by atoms with Crippen LogP contribution in [0.5, 0.6) is 0 Å². The predicted molar refractivity (Wildman–Crippen MR) is 128 cm³/mol. The average molecular weight is 433 g/mol. The monoisotopic (exact) mass is 432 g/mol. The molecule has 0 radical (unpaired) electrons. The van der Waals surface area contributed by atoms with Crippen molar-refractivity contribution in [2.24, 2.45) is 0 Å². The lowest BCUT2D eigenvalue weighted by molar-refractivity contribution is -0.122. The largest absolute Gasteiger partial charge is 0.462 e. The van der Waals surface area contributed by atoms with Crippen molar-refractivity contribution in [2.45, 2.75) is 53.1 Å². The fourth-order valence-electron chi connectivity index (χ4n) is 3.84. The number of benzene rings is 2. The summed E-state index contributed by atoms with van der Waals surface area (Å²) >= 11 is 0. The summed E-state index contributed by atoms with van der Waals surface area (Å²) < 4.78 is 7.14. The third-order valence-electron chi connectivity index (χ3n) is 5.69. The molecule has 1 unspecified atom stereocenters. The summed E-state index contributed by atoms with van der Waals surface area (Å²) in [6.45, 7) is 8.20. The van der Waals surface area contributed by atoms with Crippen LogP contribution in [-0.2, 0) is 22.5 Å². The van der Waals surface area contributed by atoms with Gasteiger partial charge < -0.3 is 14.6 Å². The number of rotatable bonds is 9. The van der Waals surface area contributed by atoms with Gasteiger partial charge in [-0.25, -0.2) is 4.79 Å². The van der Waals surface area contributed by atoms with Crippen molar-refractivity contribution in [2.75, 3.05) is 6.61 Å². The standard InChI is InChI=1S/C27H32N2O3/c1-5-23(16-21-10-8-7-9-11-21)28-26(30)18-29-20(4)24(27(31)32-6-2)17-25(29)22-14-12-19(3)13-15-22/h7-15,17,23H,5-6,16,18H2,1-4H3,(H,28,30). The van der Waals surface area contributed by atoms with E-state index < -0.39 is 0 Å². The fraction of sp³-hybridized carbons (Fsp3) is 0.333. The maximum Gasteiger partial charge on any atom is 0.339 e. The summed E-state index contributed by atoms with van der Waals surface area (Å²) in [7, 11) is 0. The van der Waals surface area contributed by atoms with E-state index in [1.807, 2.05) is 66.9 Å². The number of aryl methyl sites for hydroxylation is 1. The maximum atomic E-state index is 13.0. The minimum Gasteiger partial charge on any atom is -0.462 e. The van der Waals surface area contributed by atoms with Gasteiger partial charge in [0.1, 0.15) is 6.54 Å². The summed E-state index contributed by atoms with van der Waals surface area (Å²) in [6, 6.07) is 20.1. The molecule has 32 heavy (non-hydrogen) atoms. The van der Waals surface area contributed by atoms with Gasteiger partial charge in [-0.2, -0.15) is 0 Å². The Morgan fingerprint density at radius 1 is 1.00 bits per heavy atom. The van der Waals surface area contributed by atoms with Crippen molar-refractivity contribution >= 4 is 11.9 Å². The summed E-state index contributed by atoms with van der Waals surface area (Å²) in [5.41, 5.74) is 5.35. The molecular formula is C27H32N2O3. The summed E-state index contributed by atoms with van der Waals surface area (Å²) in [4.78, 5) is 25.5. The van der Waals surface area contributed by atoms with E-state index in [0.29, 0.717) is 12.2 Å². The summed E-state index contributed by atoms with van der Waals surface area (Å²) in [6.07, 6.45) is 1.62. The number of nitrogens with zero attached hydrogens (tertiary/aromatic N) is 1. The molecule has 0 aliphatic rings. The lowest BCUT2D eigenvalue weighted by atomic mass is 10.0. The van der Waals surface area contributed by atoms with Gasteiger partial charge in [-0.3, -0.25) is 4.79 Å². The highest BCUT2D eigenvalue weighted by Crippen LogP contribution is 2.27. The molecular weight excluding hydrogens is 400 g/mol. The minimum atomic E-state index is -0.368. The smallest absolute Gasteiger partial charge is 0.339 e. The molecule has 0 bridgehead atoms. The predicted octanol–water partition coefficient (Wildman–Crippen LogP) is 5.09. The molecule has 0 fully saturated rings. The van der Waals surface area contributed by atoms with Crippen LogP contribution >= 0.6 is 0 Å². The number of esters is 1. The van der Waals surface area contributed by atoms with Crippen LogP contribution in [0.2, 0.25) is 0 Å². The second-order valence-electron chi connectivity index (χ2n) is 8.06. The van der Waals surface area contributed by atoms with Gasteiger partial charge in [-0.05, 0) is 50.8 Å². The van der Waals surface area contributed by atoms with Crippen LogP contribution in [0, 0.1) is 13.8 Å². The van der Waals surface area contributed by atoms with Gasteiger partial charge in [0.05, 0.1) is 12.2 Å². The number of nitrogens with one attached hydrogen (secondary N) is 1. The molecule has 5 heteroatoms. The zero-order chi connectivity index (χ0) is 23.1. The van der Waals surface area contributed by atoms with E-state index in [1.165, 1.54) is 5.56 Å². The third kappa shape index (κ3) is 5.67. The molecule has 168 valence electrons. The maximum absolute atomic E-state index is 13.0. The van der Waals surface area contributed by atoms with E-state index in [2.05, 4.69) is 24.4 Å². The highest BCUT2D eigenvalue weighted by Gasteiger charge is 2.21. The van der Waals surface area contributed by atoms with Crippen LogP contribution in [0.25, 0.3) is 11.3 Å². The first kappa shape index (κ1) is 23.3. The van der Waals surface area contributed by atoms with Crippen molar-refractivity contribution in [3.63, 3.8) is 0 Å². The molecule has 1 heterocycles. The minimum absolute atomic E-state index is 0.0492. The molecule has 0 saturated carbocycles. The Morgan fingerprint density at radius 2 is 1.69 bits per heavy atom. The van der Waals surface area contributed by atoms with E-state index in [0.717, 1.165) is 35.4 Å². The molecule has 5 nitrogen and oxygen atoms in total. The number of hydrogen-bond donors (Lipinski definition) is 1. The first-order chi connectivity index (χ1) is 15.4. The number of amides is 1.